The molecule has 2 aromatic heterocycles. The Bertz CT molecular complexity index is 597. The molecule has 2 N–H and O–H groups in total. The number of hydrogen-bond donors (Lipinski definition) is 2. The lowest BCUT2D eigenvalue weighted by Gasteiger charge is -1.97. The summed E-state index contributed by atoms with van der Waals surface area (Å²) >= 11 is 1.19. The molecule has 16 heavy (non-hydrogen) atoms. The molecule has 82 valence electrons. The summed E-state index contributed by atoms with van der Waals surface area (Å²) in [5, 5.41) is 8.80. The van der Waals surface area contributed by atoms with Gasteiger partial charge in [0.05, 0.1) is 0 Å². The number of H-pyrrole nitrogens is 1. The molecule has 0 aliphatic heterocycles. The SMILES string of the molecule is Cc1cc(-c2ccc(C(=O)O)s2)c[nH]c1=O. The van der Waals surface area contributed by atoms with Crippen LogP contribution in [0.1, 0.15) is 15.2 Å². The number of pyridine rings is 1. The second-order valence-corrected chi connectivity index (χ2v) is 4.45. The number of thiophene rings is 1. The topological polar surface area (TPSA) is 70.2 Å². The summed E-state index contributed by atoms with van der Waals surface area (Å²) in [6, 6.07) is 5.04. The van der Waals surface area contributed by atoms with Crippen LogP contribution < -0.4 is 5.56 Å². The average Bonchev–Trinajstić information content (AvgIpc) is 2.71. The number of carbonyl (C=O) groups is 1. The minimum Gasteiger partial charge on any atom is -0.477 e. The second-order valence-electron chi connectivity index (χ2n) is 3.37. The molecule has 0 amide bonds. The molecule has 2 aromatic rings. The zero-order chi connectivity index (χ0) is 11.7. The van der Waals surface area contributed by atoms with Gasteiger partial charge in [0.15, 0.2) is 0 Å². The van der Waals surface area contributed by atoms with Crippen LogP contribution in [0, 0.1) is 6.92 Å². The Kier molecular flexibility index (Phi) is 2.62. The Morgan fingerprint density at radius 2 is 2.19 bits per heavy atom. The Labute approximate surface area is 95.2 Å². The van der Waals surface area contributed by atoms with E-state index in [1.54, 1.807) is 31.3 Å². The van der Waals surface area contributed by atoms with E-state index in [1.165, 1.54) is 11.3 Å². The van der Waals surface area contributed by atoms with Crippen LogP contribution in [0.25, 0.3) is 10.4 Å². The van der Waals surface area contributed by atoms with Crippen molar-refractivity contribution in [2.75, 3.05) is 0 Å². The van der Waals surface area contributed by atoms with Crippen molar-refractivity contribution in [2.24, 2.45) is 0 Å². The largest absolute Gasteiger partial charge is 0.477 e. The fourth-order valence-corrected chi connectivity index (χ4v) is 2.18. The third-order valence-corrected chi connectivity index (χ3v) is 3.31. The van der Waals surface area contributed by atoms with Gasteiger partial charge in [-0.15, -0.1) is 11.3 Å². The van der Waals surface area contributed by atoms with Crippen LogP contribution in [0.5, 0.6) is 0 Å². The summed E-state index contributed by atoms with van der Waals surface area (Å²) in [5.41, 5.74) is 1.32. The molecule has 0 aromatic carbocycles. The van der Waals surface area contributed by atoms with E-state index >= 15 is 0 Å². The van der Waals surface area contributed by atoms with Crippen molar-refractivity contribution in [2.45, 2.75) is 6.92 Å². The highest BCUT2D eigenvalue weighted by molar-refractivity contribution is 7.17. The fourth-order valence-electron chi connectivity index (χ4n) is 1.35. The van der Waals surface area contributed by atoms with Gasteiger partial charge in [0.1, 0.15) is 4.88 Å². The summed E-state index contributed by atoms with van der Waals surface area (Å²) in [6.45, 7) is 1.72. The molecule has 0 fully saturated rings. The van der Waals surface area contributed by atoms with Gasteiger partial charge < -0.3 is 10.1 Å². The molecule has 0 aliphatic carbocycles. The molecular formula is C11H9NO3S. The molecular weight excluding hydrogens is 226 g/mol. The number of rotatable bonds is 2. The molecule has 0 radical (unpaired) electrons. The van der Waals surface area contributed by atoms with Crippen molar-refractivity contribution in [3.63, 3.8) is 0 Å². The van der Waals surface area contributed by atoms with Gasteiger partial charge in [-0.3, -0.25) is 4.79 Å². The lowest BCUT2D eigenvalue weighted by molar-refractivity contribution is 0.0702. The van der Waals surface area contributed by atoms with Gasteiger partial charge in [-0.1, -0.05) is 0 Å². The third-order valence-electron chi connectivity index (χ3n) is 2.19. The number of hydrogen-bond acceptors (Lipinski definition) is 3. The summed E-state index contributed by atoms with van der Waals surface area (Å²) in [4.78, 5) is 25.6. The Morgan fingerprint density at radius 3 is 2.75 bits per heavy atom. The normalized spacial score (nSPS) is 10.3. The van der Waals surface area contributed by atoms with Crippen molar-refractivity contribution >= 4 is 17.3 Å². The van der Waals surface area contributed by atoms with Crippen LogP contribution in [0.2, 0.25) is 0 Å². The smallest absolute Gasteiger partial charge is 0.345 e. The summed E-state index contributed by atoms with van der Waals surface area (Å²) < 4.78 is 0. The predicted molar refractivity (Wildman–Crippen MR) is 62.1 cm³/mol. The highest BCUT2D eigenvalue weighted by Crippen LogP contribution is 2.27. The average molecular weight is 235 g/mol. The van der Waals surface area contributed by atoms with Crippen LogP contribution in [0.4, 0.5) is 0 Å². The first kappa shape index (κ1) is 10.6. The van der Waals surface area contributed by atoms with Gasteiger partial charge in [-0.05, 0) is 25.1 Å². The fraction of sp³-hybridized carbons (Fsp3) is 0.0909. The maximum Gasteiger partial charge on any atom is 0.345 e. The molecule has 4 nitrogen and oxygen atoms in total. The molecule has 0 unspecified atom stereocenters. The number of nitrogens with one attached hydrogen (secondary N) is 1. The monoisotopic (exact) mass is 235 g/mol. The third kappa shape index (κ3) is 1.90. The first-order chi connectivity index (χ1) is 7.58. The lowest BCUT2D eigenvalue weighted by atomic mass is 10.2. The number of aryl methyl sites for hydroxylation is 1. The number of aromatic amines is 1. The van der Waals surface area contributed by atoms with E-state index in [2.05, 4.69) is 4.98 Å². The van der Waals surface area contributed by atoms with Gasteiger partial charge in [-0.2, -0.15) is 0 Å². The van der Waals surface area contributed by atoms with E-state index in [-0.39, 0.29) is 5.56 Å². The quantitative estimate of drug-likeness (QED) is 0.837. The van der Waals surface area contributed by atoms with Crippen LogP contribution in [-0.2, 0) is 0 Å². The highest BCUT2D eigenvalue weighted by atomic mass is 32.1. The minimum atomic E-state index is -0.933. The number of aromatic carboxylic acids is 1. The van der Waals surface area contributed by atoms with Crippen molar-refractivity contribution < 1.29 is 9.90 Å². The van der Waals surface area contributed by atoms with Gasteiger partial charge in [0, 0.05) is 22.2 Å². The van der Waals surface area contributed by atoms with Gasteiger partial charge >= 0.3 is 5.97 Å². The van der Waals surface area contributed by atoms with E-state index in [9.17, 15) is 9.59 Å². The summed E-state index contributed by atoms with van der Waals surface area (Å²) in [6.07, 6.45) is 1.59. The highest BCUT2D eigenvalue weighted by Gasteiger charge is 2.08. The van der Waals surface area contributed by atoms with Crippen molar-refractivity contribution in [1.82, 2.24) is 4.98 Å². The zero-order valence-electron chi connectivity index (χ0n) is 8.48. The summed E-state index contributed by atoms with van der Waals surface area (Å²) in [5.74, 6) is -0.933. The van der Waals surface area contributed by atoms with Crippen LogP contribution in [0.3, 0.4) is 0 Å². The van der Waals surface area contributed by atoms with E-state index < -0.39 is 5.97 Å². The summed E-state index contributed by atoms with van der Waals surface area (Å²) in [7, 11) is 0. The Morgan fingerprint density at radius 1 is 1.44 bits per heavy atom. The van der Waals surface area contributed by atoms with Crippen LogP contribution in [0.15, 0.2) is 29.2 Å². The Hall–Kier alpha value is -1.88. The molecule has 0 saturated carbocycles. The first-order valence-corrected chi connectivity index (χ1v) is 5.42. The number of carboxylic acid groups (broad SMARTS) is 1. The minimum absolute atomic E-state index is 0.126. The molecule has 0 atom stereocenters. The van der Waals surface area contributed by atoms with Crippen molar-refractivity contribution in [3.8, 4) is 10.4 Å². The predicted octanol–water partition coefficient (Wildman–Crippen LogP) is 2.11. The molecule has 2 heterocycles. The molecule has 5 heteroatoms. The Balaban J connectivity index is 2.46. The van der Waals surface area contributed by atoms with Crippen LogP contribution in [-0.4, -0.2) is 16.1 Å². The molecule has 0 saturated heterocycles. The molecule has 0 spiro atoms. The zero-order valence-corrected chi connectivity index (χ0v) is 9.30. The van der Waals surface area contributed by atoms with Crippen molar-refractivity contribution in [1.29, 1.82) is 0 Å². The molecule has 0 bridgehead atoms. The standard InChI is InChI=1S/C11H9NO3S/c1-6-4-7(5-12-10(6)13)8-2-3-9(16-8)11(14)15/h2-5H,1H3,(H,12,13)(H,14,15). The second kappa shape index (κ2) is 3.94. The maximum absolute atomic E-state index is 11.2. The van der Waals surface area contributed by atoms with E-state index in [0.29, 0.717) is 10.4 Å². The van der Waals surface area contributed by atoms with E-state index in [1.807, 2.05) is 0 Å². The number of carboxylic acids is 1. The number of aromatic nitrogens is 1. The molecule has 0 aliphatic rings. The van der Waals surface area contributed by atoms with Gasteiger partial charge in [0.2, 0.25) is 0 Å². The van der Waals surface area contributed by atoms with Gasteiger partial charge in [-0.25, -0.2) is 4.79 Å². The maximum atomic E-state index is 11.2. The van der Waals surface area contributed by atoms with Gasteiger partial charge in [0.25, 0.3) is 5.56 Å². The lowest BCUT2D eigenvalue weighted by Crippen LogP contribution is -2.07. The molecule has 2 rings (SSSR count). The van der Waals surface area contributed by atoms with E-state index in [0.717, 1.165) is 10.4 Å². The van der Waals surface area contributed by atoms with Crippen molar-refractivity contribution in [3.05, 3.63) is 45.2 Å². The van der Waals surface area contributed by atoms with E-state index in [4.69, 9.17) is 5.11 Å². The van der Waals surface area contributed by atoms with Crippen LogP contribution >= 0.6 is 11.3 Å². The first-order valence-electron chi connectivity index (χ1n) is 4.61.